The molecular weight excluding hydrogens is 197 g/mol. The number of halogens is 1. The molecule has 4 heteroatoms. The number of carbonyl (C=O) groups is 1. The summed E-state index contributed by atoms with van der Waals surface area (Å²) in [7, 11) is 0. The van der Waals surface area contributed by atoms with Gasteiger partial charge in [-0.15, -0.1) is 0 Å². The van der Waals surface area contributed by atoms with E-state index in [9.17, 15) is 9.18 Å². The molecule has 0 bridgehead atoms. The number of rotatable bonds is 3. The van der Waals surface area contributed by atoms with Crippen LogP contribution in [0.5, 0.6) is 0 Å². The van der Waals surface area contributed by atoms with E-state index in [2.05, 4.69) is 4.98 Å². The molecular formula is C11H12FNO2. The van der Waals surface area contributed by atoms with Gasteiger partial charge in [0, 0.05) is 6.20 Å². The maximum Gasteiger partial charge on any atom is 0.309 e. The van der Waals surface area contributed by atoms with Gasteiger partial charge in [-0.05, 0) is 30.9 Å². The maximum atomic E-state index is 12.5. The van der Waals surface area contributed by atoms with Crippen LogP contribution in [-0.2, 0) is 9.53 Å². The number of nitrogens with zero attached hydrogens (tertiary/aromatic N) is 1. The van der Waals surface area contributed by atoms with Crippen molar-refractivity contribution in [2.24, 2.45) is 5.92 Å². The number of pyridine rings is 1. The fourth-order valence-corrected chi connectivity index (χ4v) is 1.68. The van der Waals surface area contributed by atoms with Crippen LogP contribution >= 0.6 is 0 Å². The molecule has 0 aliphatic heterocycles. The molecule has 15 heavy (non-hydrogen) atoms. The smallest absolute Gasteiger partial charge is 0.309 e. The van der Waals surface area contributed by atoms with Crippen molar-refractivity contribution in [3.05, 3.63) is 29.8 Å². The highest BCUT2D eigenvalue weighted by atomic mass is 19.1. The average molecular weight is 209 g/mol. The molecule has 0 N–H and O–H groups in total. The van der Waals surface area contributed by atoms with Crippen LogP contribution in [0, 0.1) is 11.9 Å². The van der Waals surface area contributed by atoms with Crippen LogP contribution in [-0.4, -0.2) is 17.6 Å². The van der Waals surface area contributed by atoms with Crippen molar-refractivity contribution in [3.63, 3.8) is 0 Å². The van der Waals surface area contributed by atoms with Crippen molar-refractivity contribution in [2.45, 2.75) is 19.3 Å². The van der Waals surface area contributed by atoms with Gasteiger partial charge in [-0.25, -0.2) is 4.98 Å². The lowest BCUT2D eigenvalue weighted by molar-refractivity contribution is -0.144. The topological polar surface area (TPSA) is 39.2 Å². The summed E-state index contributed by atoms with van der Waals surface area (Å²) in [5.41, 5.74) is 0.912. The van der Waals surface area contributed by atoms with Crippen LogP contribution in [0.1, 0.15) is 24.8 Å². The van der Waals surface area contributed by atoms with Gasteiger partial charge in [-0.3, -0.25) is 4.79 Å². The molecule has 0 unspecified atom stereocenters. The summed E-state index contributed by atoms with van der Waals surface area (Å²) in [4.78, 5) is 14.9. The Balaban J connectivity index is 1.98. The van der Waals surface area contributed by atoms with Crippen LogP contribution in [0.15, 0.2) is 18.3 Å². The highest BCUT2D eigenvalue weighted by molar-refractivity contribution is 5.77. The third-order valence-corrected chi connectivity index (χ3v) is 2.56. The first-order chi connectivity index (χ1) is 7.22. The number of hydrogen-bond donors (Lipinski definition) is 0. The minimum absolute atomic E-state index is 0.0581. The molecule has 2 atom stereocenters. The van der Waals surface area contributed by atoms with Gasteiger partial charge >= 0.3 is 5.97 Å². The normalized spacial score (nSPS) is 23.6. The van der Waals surface area contributed by atoms with Crippen molar-refractivity contribution >= 4 is 5.97 Å². The minimum atomic E-state index is -0.493. The lowest BCUT2D eigenvalue weighted by Crippen LogP contribution is -2.07. The molecule has 1 fully saturated rings. The summed E-state index contributed by atoms with van der Waals surface area (Å²) in [6, 6.07) is 2.99. The van der Waals surface area contributed by atoms with Gasteiger partial charge in [0.2, 0.25) is 5.95 Å². The number of aromatic nitrogens is 1. The van der Waals surface area contributed by atoms with Crippen molar-refractivity contribution in [3.8, 4) is 0 Å². The molecule has 0 saturated heterocycles. The van der Waals surface area contributed by atoms with Gasteiger partial charge in [0.1, 0.15) is 0 Å². The van der Waals surface area contributed by atoms with Crippen LogP contribution in [0.2, 0.25) is 0 Å². The molecule has 0 aromatic carbocycles. The van der Waals surface area contributed by atoms with E-state index >= 15 is 0 Å². The Morgan fingerprint density at radius 3 is 3.07 bits per heavy atom. The van der Waals surface area contributed by atoms with Crippen molar-refractivity contribution < 1.29 is 13.9 Å². The first-order valence-corrected chi connectivity index (χ1v) is 5.00. The van der Waals surface area contributed by atoms with Gasteiger partial charge < -0.3 is 4.74 Å². The standard InChI is InChI=1S/C11H12FNO2/c1-2-15-11(14)9-5-8(9)7-3-4-10(12)13-6-7/h3-4,6,8-9H,2,5H2,1H3/t8-,9+/m1/s1. The SMILES string of the molecule is CCOC(=O)[C@H]1C[C@@H]1c1ccc(F)nc1. The molecule has 0 amide bonds. The highest BCUT2D eigenvalue weighted by Gasteiger charge is 2.45. The van der Waals surface area contributed by atoms with Gasteiger partial charge in [0.15, 0.2) is 0 Å². The summed E-state index contributed by atoms with van der Waals surface area (Å²) >= 11 is 0. The van der Waals surface area contributed by atoms with E-state index in [-0.39, 0.29) is 17.8 Å². The van der Waals surface area contributed by atoms with E-state index in [0.717, 1.165) is 12.0 Å². The second kappa shape index (κ2) is 3.96. The van der Waals surface area contributed by atoms with Crippen molar-refractivity contribution in [2.75, 3.05) is 6.61 Å². The third kappa shape index (κ3) is 2.14. The van der Waals surface area contributed by atoms with Crippen molar-refractivity contribution in [1.29, 1.82) is 0 Å². The molecule has 1 aromatic heterocycles. The third-order valence-electron chi connectivity index (χ3n) is 2.56. The predicted molar refractivity (Wildman–Crippen MR) is 51.7 cm³/mol. The zero-order chi connectivity index (χ0) is 10.8. The highest BCUT2D eigenvalue weighted by Crippen LogP contribution is 2.47. The monoisotopic (exact) mass is 209 g/mol. The summed E-state index contributed by atoms with van der Waals surface area (Å²) in [5, 5.41) is 0. The minimum Gasteiger partial charge on any atom is -0.466 e. The first kappa shape index (κ1) is 10.1. The molecule has 1 aliphatic rings. The van der Waals surface area contributed by atoms with Crippen LogP contribution in [0.3, 0.4) is 0 Å². The van der Waals surface area contributed by atoms with E-state index in [4.69, 9.17) is 4.74 Å². The lowest BCUT2D eigenvalue weighted by atomic mass is 10.1. The maximum absolute atomic E-state index is 12.5. The van der Waals surface area contributed by atoms with Crippen molar-refractivity contribution in [1.82, 2.24) is 4.98 Å². The second-order valence-corrected chi connectivity index (χ2v) is 3.61. The fourth-order valence-electron chi connectivity index (χ4n) is 1.68. The molecule has 1 heterocycles. The molecule has 1 aromatic rings. The summed E-state index contributed by atoms with van der Waals surface area (Å²) < 4.78 is 17.5. The molecule has 0 spiro atoms. The van der Waals surface area contributed by atoms with E-state index in [1.165, 1.54) is 12.3 Å². The second-order valence-electron chi connectivity index (χ2n) is 3.61. The van der Waals surface area contributed by atoms with Gasteiger partial charge in [-0.1, -0.05) is 6.07 Å². The Labute approximate surface area is 87.3 Å². The van der Waals surface area contributed by atoms with E-state index in [1.807, 2.05) is 0 Å². The largest absolute Gasteiger partial charge is 0.466 e. The Morgan fingerprint density at radius 1 is 1.67 bits per heavy atom. The fraction of sp³-hybridized carbons (Fsp3) is 0.455. The quantitative estimate of drug-likeness (QED) is 0.563. The molecule has 1 saturated carbocycles. The van der Waals surface area contributed by atoms with Gasteiger partial charge in [-0.2, -0.15) is 4.39 Å². The number of esters is 1. The number of carbonyl (C=O) groups excluding carboxylic acids is 1. The van der Waals surface area contributed by atoms with E-state index in [1.54, 1.807) is 13.0 Å². The number of ether oxygens (including phenoxy) is 1. The summed E-state index contributed by atoms with van der Waals surface area (Å²) in [6.07, 6.45) is 2.27. The summed E-state index contributed by atoms with van der Waals surface area (Å²) in [5.74, 6) is -0.548. The Bertz CT molecular complexity index is 363. The number of hydrogen-bond acceptors (Lipinski definition) is 3. The molecule has 80 valence electrons. The van der Waals surface area contributed by atoms with Crippen LogP contribution in [0.25, 0.3) is 0 Å². The Morgan fingerprint density at radius 2 is 2.47 bits per heavy atom. The first-order valence-electron chi connectivity index (χ1n) is 5.00. The molecule has 3 nitrogen and oxygen atoms in total. The predicted octanol–water partition coefficient (Wildman–Crippen LogP) is 1.89. The van der Waals surface area contributed by atoms with E-state index < -0.39 is 5.95 Å². The Kier molecular flexibility index (Phi) is 2.66. The Hall–Kier alpha value is -1.45. The van der Waals surface area contributed by atoms with Crippen LogP contribution in [0.4, 0.5) is 4.39 Å². The zero-order valence-corrected chi connectivity index (χ0v) is 8.44. The van der Waals surface area contributed by atoms with Crippen LogP contribution < -0.4 is 0 Å². The molecule has 1 aliphatic carbocycles. The average Bonchev–Trinajstić information content (AvgIpc) is 2.99. The zero-order valence-electron chi connectivity index (χ0n) is 8.44. The molecule has 0 radical (unpaired) electrons. The summed E-state index contributed by atoms with van der Waals surface area (Å²) in [6.45, 7) is 2.19. The van der Waals surface area contributed by atoms with E-state index in [0.29, 0.717) is 6.61 Å². The lowest BCUT2D eigenvalue weighted by Gasteiger charge is -2.00. The molecule has 2 rings (SSSR count). The van der Waals surface area contributed by atoms with Gasteiger partial charge in [0.25, 0.3) is 0 Å². The van der Waals surface area contributed by atoms with Gasteiger partial charge in [0.05, 0.1) is 12.5 Å².